The van der Waals surface area contributed by atoms with Crippen LogP contribution >= 0.6 is 11.6 Å². The molecule has 3 rings (SSSR count). The number of aromatic nitrogens is 2. The van der Waals surface area contributed by atoms with Crippen molar-refractivity contribution in [2.45, 2.75) is 25.8 Å². The monoisotopic (exact) mass is 382 g/mol. The minimum atomic E-state index is -0.0758. The third-order valence-corrected chi connectivity index (χ3v) is 4.52. The van der Waals surface area contributed by atoms with E-state index in [4.69, 9.17) is 21.8 Å². The maximum atomic E-state index is 12.2. The lowest BCUT2D eigenvalue weighted by Crippen LogP contribution is -2.18. The predicted molar refractivity (Wildman–Crippen MR) is 105 cm³/mol. The van der Waals surface area contributed by atoms with Crippen molar-refractivity contribution in [3.8, 4) is 28.7 Å². The van der Waals surface area contributed by atoms with Gasteiger partial charge in [0, 0.05) is 35.8 Å². The summed E-state index contributed by atoms with van der Waals surface area (Å²) in [6.07, 6.45) is 6.08. The highest BCUT2D eigenvalue weighted by atomic mass is 35.5. The second-order valence-corrected chi connectivity index (χ2v) is 6.48. The Bertz CT molecular complexity index is 1020. The maximum absolute atomic E-state index is 12.2. The highest BCUT2D eigenvalue weighted by Gasteiger charge is 2.16. The molecule has 0 aromatic carbocycles. The van der Waals surface area contributed by atoms with E-state index in [1.165, 1.54) is 6.07 Å². The average Bonchev–Trinajstić information content (AvgIpc) is 3.21. The largest absolute Gasteiger partial charge is 0.463 e. The van der Waals surface area contributed by atoms with Crippen molar-refractivity contribution in [2.75, 3.05) is 11.6 Å². The number of furan rings is 1. The predicted octanol–water partition coefficient (Wildman–Crippen LogP) is 4.03. The first-order valence-electron chi connectivity index (χ1n) is 8.65. The van der Waals surface area contributed by atoms with Crippen LogP contribution in [0.15, 0.2) is 52.0 Å². The van der Waals surface area contributed by atoms with E-state index >= 15 is 0 Å². The summed E-state index contributed by atoms with van der Waals surface area (Å²) in [5.74, 6) is 1.30. The summed E-state index contributed by atoms with van der Waals surface area (Å²) >= 11 is 5.71. The summed E-state index contributed by atoms with van der Waals surface area (Å²) in [5, 5.41) is 9.32. The fraction of sp³-hybridized carbons (Fsp3) is 0.250. The third-order valence-electron chi connectivity index (χ3n) is 4.25. The first-order valence-corrected chi connectivity index (χ1v) is 9.19. The minimum absolute atomic E-state index is 0.0758. The molecule has 0 fully saturated rings. The van der Waals surface area contributed by atoms with Crippen LogP contribution < -0.4 is 11.3 Å². The molecule has 0 aliphatic carbocycles. The molecule has 0 aliphatic heterocycles. The van der Waals surface area contributed by atoms with Crippen molar-refractivity contribution in [1.82, 2.24) is 9.55 Å². The first kappa shape index (κ1) is 18.7. The normalized spacial score (nSPS) is 10.7. The summed E-state index contributed by atoms with van der Waals surface area (Å²) in [6, 6.07) is 10.5. The molecule has 3 heterocycles. The van der Waals surface area contributed by atoms with E-state index in [1.54, 1.807) is 41.3 Å². The van der Waals surface area contributed by atoms with Crippen LogP contribution in [0.3, 0.4) is 0 Å². The van der Waals surface area contributed by atoms with E-state index in [-0.39, 0.29) is 16.9 Å². The van der Waals surface area contributed by atoms with E-state index < -0.39 is 0 Å². The zero-order chi connectivity index (χ0) is 19.2. The summed E-state index contributed by atoms with van der Waals surface area (Å²) in [4.78, 5) is 16.5. The van der Waals surface area contributed by atoms with Crippen molar-refractivity contribution in [3.63, 3.8) is 0 Å². The van der Waals surface area contributed by atoms with Gasteiger partial charge in [0.05, 0.1) is 11.8 Å². The SMILES string of the molecule is N#Cc1cc(-c2ccc(=O)n(CCCCCCl)c2)c(-c2ccco2)nc1N. The van der Waals surface area contributed by atoms with Gasteiger partial charge in [-0.15, -0.1) is 11.6 Å². The summed E-state index contributed by atoms with van der Waals surface area (Å²) in [6.45, 7) is 0.604. The molecule has 138 valence electrons. The van der Waals surface area contributed by atoms with E-state index in [9.17, 15) is 10.1 Å². The van der Waals surface area contributed by atoms with Crippen LogP contribution in [-0.2, 0) is 6.54 Å². The number of rotatable bonds is 7. The molecule has 0 aliphatic rings. The molecule has 0 unspecified atom stereocenters. The molecule has 0 saturated carbocycles. The molecule has 0 bridgehead atoms. The van der Waals surface area contributed by atoms with Crippen LogP contribution in [0.25, 0.3) is 22.6 Å². The number of hydrogen-bond donors (Lipinski definition) is 1. The molecule has 0 atom stereocenters. The number of pyridine rings is 2. The quantitative estimate of drug-likeness (QED) is 0.491. The standard InChI is InChI=1S/C20H19ClN4O2/c21-8-2-1-3-9-25-13-14(6-7-18(25)26)16-11-15(12-22)20(23)24-19(16)17-5-4-10-27-17/h4-7,10-11,13H,1-3,8-9H2,(H2,23,24). The summed E-state index contributed by atoms with van der Waals surface area (Å²) in [5.41, 5.74) is 8.08. The molecule has 0 radical (unpaired) electrons. The van der Waals surface area contributed by atoms with Gasteiger partial charge in [-0.25, -0.2) is 4.98 Å². The number of hydrogen-bond acceptors (Lipinski definition) is 5. The molecular formula is C20H19ClN4O2. The molecule has 3 aromatic rings. The fourth-order valence-electron chi connectivity index (χ4n) is 2.86. The highest BCUT2D eigenvalue weighted by molar-refractivity contribution is 6.17. The Kier molecular flexibility index (Phi) is 5.94. The van der Waals surface area contributed by atoms with Crippen molar-refractivity contribution in [1.29, 1.82) is 5.26 Å². The Balaban J connectivity index is 2.05. The van der Waals surface area contributed by atoms with Gasteiger partial charge in [-0.05, 0) is 37.1 Å². The minimum Gasteiger partial charge on any atom is -0.463 e. The Morgan fingerprint density at radius 3 is 2.81 bits per heavy atom. The zero-order valence-electron chi connectivity index (χ0n) is 14.7. The number of aryl methyl sites for hydroxylation is 1. The number of halogens is 1. The van der Waals surface area contributed by atoms with E-state index in [0.29, 0.717) is 29.4 Å². The molecule has 3 aromatic heterocycles. The van der Waals surface area contributed by atoms with E-state index in [2.05, 4.69) is 11.1 Å². The zero-order valence-corrected chi connectivity index (χ0v) is 15.4. The number of alkyl halides is 1. The molecule has 2 N–H and O–H groups in total. The van der Waals surface area contributed by atoms with Gasteiger partial charge in [-0.1, -0.05) is 6.42 Å². The number of nitriles is 1. The topological polar surface area (TPSA) is 97.8 Å². The fourth-order valence-corrected chi connectivity index (χ4v) is 3.05. The van der Waals surface area contributed by atoms with E-state index in [1.807, 2.05) is 0 Å². The molecule has 6 nitrogen and oxygen atoms in total. The Labute approximate surface area is 161 Å². The Morgan fingerprint density at radius 1 is 1.26 bits per heavy atom. The van der Waals surface area contributed by atoms with Crippen molar-refractivity contribution in [3.05, 3.63) is 58.7 Å². The molecule has 7 heteroatoms. The second-order valence-electron chi connectivity index (χ2n) is 6.11. The molecule has 0 spiro atoms. The van der Waals surface area contributed by atoms with Gasteiger partial charge in [-0.2, -0.15) is 5.26 Å². The lowest BCUT2D eigenvalue weighted by molar-refractivity contribution is 0.580. The number of nitrogen functional groups attached to an aromatic ring is 1. The van der Waals surface area contributed by atoms with Crippen LogP contribution in [0.2, 0.25) is 0 Å². The van der Waals surface area contributed by atoms with Crippen molar-refractivity contribution < 1.29 is 4.42 Å². The molecule has 27 heavy (non-hydrogen) atoms. The summed E-state index contributed by atoms with van der Waals surface area (Å²) in [7, 11) is 0. The van der Waals surface area contributed by atoms with Crippen LogP contribution in [0.5, 0.6) is 0 Å². The number of unbranched alkanes of at least 4 members (excludes halogenated alkanes) is 2. The van der Waals surface area contributed by atoms with Crippen LogP contribution in [-0.4, -0.2) is 15.4 Å². The second kappa shape index (κ2) is 8.56. The van der Waals surface area contributed by atoms with Gasteiger partial charge in [0.1, 0.15) is 17.6 Å². The van der Waals surface area contributed by atoms with Gasteiger partial charge < -0.3 is 14.7 Å². The first-order chi connectivity index (χ1) is 13.1. The van der Waals surface area contributed by atoms with Gasteiger partial charge in [0.25, 0.3) is 5.56 Å². The van der Waals surface area contributed by atoms with Gasteiger partial charge >= 0.3 is 0 Å². The molecule has 0 saturated heterocycles. The molecular weight excluding hydrogens is 364 g/mol. The van der Waals surface area contributed by atoms with Gasteiger partial charge in [0.15, 0.2) is 5.76 Å². The van der Waals surface area contributed by atoms with Crippen molar-refractivity contribution in [2.24, 2.45) is 0 Å². The molecule has 0 amide bonds. The van der Waals surface area contributed by atoms with Crippen LogP contribution in [0, 0.1) is 11.3 Å². The smallest absolute Gasteiger partial charge is 0.250 e. The number of nitrogens with zero attached hydrogens (tertiary/aromatic N) is 3. The third kappa shape index (κ3) is 4.21. The lowest BCUT2D eigenvalue weighted by Gasteiger charge is -2.12. The highest BCUT2D eigenvalue weighted by Crippen LogP contribution is 2.32. The maximum Gasteiger partial charge on any atom is 0.250 e. The van der Waals surface area contributed by atoms with E-state index in [0.717, 1.165) is 24.8 Å². The Hall–Kier alpha value is -3.04. The summed E-state index contributed by atoms with van der Waals surface area (Å²) < 4.78 is 7.14. The Morgan fingerprint density at radius 2 is 2.11 bits per heavy atom. The number of nitrogens with two attached hydrogens (primary N) is 1. The van der Waals surface area contributed by atoms with Gasteiger partial charge in [-0.3, -0.25) is 4.79 Å². The van der Waals surface area contributed by atoms with Gasteiger partial charge in [0.2, 0.25) is 0 Å². The average molecular weight is 383 g/mol. The van der Waals surface area contributed by atoms with Crippen LogP contribution in [0.4, 0.5) is 5.82 Å². The van der Waals surface area contributed by atoms with Crippen molar-refractivity contribution >= 4 is 17.4 Å². The number of anilines is 1. The van der Waals surface area contributed by atoms with Crippen LogP contribution in [0.1, 0.15) is 24.8 Å². The lowest BCUT2D eigenvalue weighted by atomic mass is 10.0.